The second-order valence-electron chi connectivity index (χ2n) is 7.12. The van der Waals surface area contributed by atoms with Crippen molar-refractivity contribution >= 4 is 49.1 Å². The quantitative estimate of drug-likeness (QED) is 0.362. The van der Waals surface area contributed by atoms with Crippen LogP contribution in [-0.2, 0) is 10.0 Å². The molecule has 0 atom stereocenters. The van der Waals surface area contributed by atoms with E-state index in [1.165, 1.54) is 12.3 Å². The van der Waals surface area contributed by atoms with E-state index in [1.54, 1.807) is 31.4 Å². The number of nitrogens with zero attached hydrogens (tertiary/aromatic N) is 1. The molecule has 1 aromatic heterocycles. The molecule has 0 saturated heterocycles. The highest BCUT2D eigenvalue weighted by Gasteiger charge is 2.15. The number of aromatic amines is 1. The van der Waals surface area contributed by atoms with Gasteiger partial charge < -0.3 is 9.72 Å². The Labute approximate surface area is 197 Å². The Hall–Kier alpha value is -3.12. The van der Waals surface area contributed by atoms with Gasteiger partial charge in [0.15, 0.2) is 0 Å². The van der Waals surface area contributed by atoms with E-state index in [0.29, 0.717) is 22.7 Å². The van der Waals surface area contributed by atoms with Gasteiger partial charge in [-0.15, -0.1) is 0 Å². The van der Waals surface area contributed by atoms with Crippen molar-refractivity contribution in [3.05, 3.63) is 85.2 Å². The van der Waals surface area contributed by atoms with Crippen LogP contribution in [0.25, 0.3) is 27.6 Å². The van der Waals surface area contributed by atoms with E-state index >= 15 is 0 Å². The number of anilines is 1. The zero-order valence-electron chi connectivity index (χ0n) is 17.0. The van der Waals surface area contributed by atoms with Crippen molar-refractivity contribution in [3.8, 4) is 22.6 Å². The molecule has 0 amide bonds. The Morgan fingerprint density at radius 3 is 2.41 bits per heavy atom. The van der Waals surface area contributed by atoms with Crippen LogP contribution in [0.5, 0.6) is 5.75 Å². The maximum atomic E-state index is 12.3. The lowest BCUT2D eigenvalue weighted by Crippen LogP contribution is -2.32. The average Bonchev–Trinajstić information content (AvgIpc) is 2.71. The van der Waals surface area contributed by atoms with Crippen molar-refractivity contribution in [2.75, 3.05) is 18.1 Å². The number of fused-ring (bicyclic) bond motifs is 1. The van der Waals surface area contributed by atoms with E-state index in [4.69, 9.17) is 4.74 Å². The molecule has 0 unspecified atom stereocenters. The van der Waals surface area contributed by atoms with Gasteiger partial charge >= 0.3 is 5.69 Å². The minimum absolute atomic E-state index is 0.421. The third kappa shape index (κ3) is 4.41. The predicted molar refractivity (Wildman–Crippen MR) is 133 cm³/mol. The second kappa shape index (κ2) is 8.43. The zero-order valence-corrected chi connectivity index (χ0v) is 20.0. The van der Waals surface area contributed by atoms with E-state index in [-0.39, 0.29) is 0 Å². The van der Waals surface area contributed by atoms with Crippen molar-refractivity contribution in [2.24, 2.45) is 0 Å². The Bertz CT molecular complexity index is 1550. The first-order valence-electron chi connectivity index (χ1n) is 9.37. The van der Waals surface area contributed by atoms with Crippen molar-refractivity contribution < 1.29 is 13.2 Å². The molecule has 164 valence electrons. The second-order valence-corrected chi connectivity index (χ2v) is 10.0. The summed E-state index contributed by atoms with van der Waals surface area (Å²) in [5, 5.41) is 1.74. The molecule has 32 heavy (non-hydrogen) atoms. The molecule has 2 N–H and O–H groups in total. The molecule has 10 heteroatoms. The fraction of sp³-hybridized carbons (Fsp3) is 0.0909. The first-order chi connectivity index (χ1) is 15.2. The normalized spacial score (nSPS) is 11.5. The summed E-state index contributed by atoms with van der Waals surface area (Å²) >= 11 is 2.11. The fourth-order valence-electron chi connectivity index (χ4n) is 3.49. The molecule has 8 nitrogen and oxygen atoms in total. The summed E-state index contributed by atoms with van der Waals surface area (Å²) in [6.45, 7) is 0. The van der Waals surface area contributed by atoms with Crippen LogP contribution in [0.4, 0.5) is 5.69 Å². The molecule has 3 aromatic carbocycles. The number of rotatable bonds is 5. The summed E-state index contributed by atoms with van der Waals surface area (Å²) in [5.41, 5.74) is 1.46. The zero-order chi connectivity index (χ0) is 23.0. The summed E-state index contributed by atoms with van der Waals surface area (Å²) in [4.78, 5) is 27.1. The minimum atomic E-state index is -3.37. The molecule has 0 saturated carbocycles. The van der Waals surface area contributed by atoms with E-state index in [9.17, 15) is 18.0 Å². The van der Waals surface area contributed by atoms with Gasteiger partial charge in [0.2, 0.25) is 10.0 Å². The van der Waals surface area contributed by atoms with E-state index in [0.717, 1.165) is 30.7 Å². The summed E-state index contributed by atoms with van der Waals surface area (Å²) in [6.07, 6.45) is 2.41. The van der Waals surface area contributed by atoms with Crippen LogP contribution >= 0.6 is 22.6 Å². The maximum Gasteiger partial charge on any atom is 0.332 e. The van der Waals surface area contributed by atoms with Gasteiger partial charge in [-0.05, 0) is 69.3 Å². The number of benzene rings is 3. The summed E-state index contributed by atoms with van der Waals surface area (Å²) in [7, 11) is -1.81. The predicted octanol–water partition coefficient (Wildman–Crippen LogP) is 3.33. The van der Waals surface area contributed by atoms with Gasteiger partial charge in [0.1, 0.15) is 5.75 Å². The number of hydrogen-bond donors (Lipinski definition) is 2. The number of H-pyrrole nitrogens is 1. The summed E-state index contributed by atoms with van der Waals surface area (Å²) in [5.74, 6) is 0.615. The van der Waals surface area contributed by atoms with Crippen LogP contribution in [0.1, 0.15) is 0 Å². The van der Waals surface area contributed by atoms with Crippen LogP contribution in [-0.4, -0.2) is 31.3 Å². The molecule has 1 heterocycles. The lowest BCUT2D eigenvalue weighted by molar-refractivity contribution is 0.413. The monoisotopic (exact) mass is 563 g/mol. The highest BCUT2D eigenvalue weighted by molar-refractivity contribution is 14.1. The van der Waals surface area contributed by atoms with Crippen molar-refractivity contribution in [2.45, 2.75) is 0 Å². The standard InChI is InChI=1S/C22H18IN3O5S/c1-31-21-18(11-17(12-19(21)23)26-20(27)7-8-24-22(26)28)15-4-3-14-10-16(25-32(2,29)30)6-5-13(14)9-15/h3-12,25H,1-2H3,(H,24,28). The van der Waals surface area contributed by atoms with Crippen molar-refractivity contribution in [1.82, 2.24) is 9.55 Å². The molecule has 0 radical (unpaired) electrons. The van der Waals surface area contributed by atoms with Crippen LogP contribution in [0.3, 0.4) is 0 Å². The van der Waals surface area contributed by atoms with Crippen molar-refractivity contribution in [1.29, 1.82) is 0 Å². The van der Waals surface area contributed by atoms with Gasteiger partial charge in [0.05, 0.1) is 22.6 Å². The molecule has 4 aromatic rings. The number of sulfonamides is 1. The topological polar surface area (TPSA) is 110 Å². The summed E-state index contributed by atoms with van der Waals surface area (Å²) in [6, 6.07) is 15.7. The third-order valence-corrected chi connectivity index (χ3v) is 6.21. The lowest BCUT2D eigenvalue weighted by Gasteiger charge is -2.15. The smallest absolute Gasteiger partial charge is 0.332 e. The highest BCUT2D eigenvalue weighted by atomic mass is 127. The molecule has 0 fully saturated rings. The molecular formula is C22H18IN3O5S. The van der Waals surface area contributed by atoms with Gasteiger partial charge in [-0.3, -0.25) is 9.52 Å². The van der Waals surface area contributed by atoms with Crippen molar-refractivity contribution in [3.63, 3.8) is 0 Å². The third-order valence-electron chi connectivity index (χ3n) is 4.80. The van der Waals surface area contributed by atoms with E-state index in [2.05, 4.69) is 32.3 Å². The van der Waals surface area contributed by atoms with Gasteiger partial charge in [-0.2, -0.15) is 0 Å². The molecule has 0 aliphatic rings. The molecule has 0 aliphatic heterocycles. The Morgan fingerprint density at radius 1 is 1.00 bits per heavy atom. The minimum Gasteiger partial charge on any atom is -0.495 e. The number of aromatic nitrogens is 2. The van der Waals surface area contributed by atoms with Gasteiger partial charge in [0, 0.05) is 23.5 Å². The van der Waals surface area contributed by atoms with Crippen LogP contribution in [0.2, 0.25) is 0 Å². The number of halogens is 1. The number of hydrogen-bond acceptors (Lipinski definition) is 5. The van der Waals surface area contributed by atoms with Gasteiger partial charge in [-0.25, -0.2) is 17.8 Å². The SMILES string of the molecule is COc1c(I)cc(-n2c(=O)cc[nH]c2=O)cc1-c1ccc2cc(NS(C)(=O)=O)ccc2c1. The Morgan fingerprint density at radius 2 is 1.72 bits per heavy atom. The van der Waals surface area contributed by atoms with E-state index in [1.807, 2.05) is 24.3 Å². The van der Waals surface area contributed by atoms with Gasteiger partial charge in [-0.1, -0.05) is 18.2 Å². The number of methoxy groups -OCH3 is 1. The largest absolute Gasteiger partial charge is 0.495 e. The lowest BCUT2D eigenvalue weighted by atomic mass is 9.99. The highest BCUT2D eigenvalue weighted by Crippen LogP contribution is 2.37. The van der Waals surface area contributed by atoms with Crippen LogP contribution < -0.4 is 20.7 Å². The number of nitrogens with one attached hydrogen (secondary N) is 2. The molecule has 0 spiro atoms. The summed E-state index contributed by atoms with van der Waals surface area (Å²) < 4.78 is 32.9. The maximum absolute atomic E-state index is 12.3. The molecule has 0 bridgehead atoms. The Kier molecular flexibility index (Phi) is 5.82. The molecule has 0 aliphatic carbocycles. The van der Waals surface area contributed by atoms with Crippen LogP contribution in [0.15, 0.2) is 70.4 Å². The first kappa shape index (κ1) is 22.1. The van der Waals surface area contributed by atoms with Crippen LogP contribution in [0, 0.1) is 3.57 Å². The molecule has 4 rings (SSSR count). The van der Waals surface area contributed by atoms with E-state index < -0.39 is 21.3 Å². The molecular weight excluding hydrogens is 545 g/mol. The Balaban J connectivity index is 1.88. The number of ether oxygens (including phenoxy) is 1. The first-order valence-corrected chi connectivity index (χ1v) is 12.3. The van der Waals surface area contributed by atoms with Gasteiger partial charge in [0.25, 0.3) is 5.56 Å². The average molecular weight is 563 g/mol. The fourth-order valence-corrected chi connectivity index (χ4v) is 4.87.